The standard InChI is InChI=1S/C13H18N2O4S/c1-3-19-11(16)9-6-8(2)20-10(9)15-12(17)13(14)4-5-18-7-13/h6H,3-5,7,14H2,1-2H3,(H,15,17). The number of carbonyl (C=O) groups excluding carboxylic acids is 2. The van der Waals surface area contributed by atoms with Crippen molar-refractivity contribution in [1.29, 1.82) is 0 Å². The van der Waals surface area contributed by atoms with E-state index in [4.69, 9.17) is 15.2 Å². The fourth-order valence-electron chi connectivity index (χ4n) is 1.95. The van der Waals surface area contributed by atoms with Gasteiger partial charge >= 0.3 is 5.97 Å². The lowest BCUT2D eigenvalue weighted by molar-refractivity contribution is -0.121. The van der Waals surface area contributed by atoms with Gasteiger partial charge in [0.25, 0.3) is 0 Å². The molecule has 0 radical (unpaired) electrons. The summed E-state index contributed by atoms with van der Waals surface area (Å²) in [5.41, 5.74) is 5.34. The summed E-state index contributed by atoms with van der Waals surface area (Å²) >= 11 is 1.33. The van der Waals surface area contributed by atoms with Gasteiger partial charge in [0, 0.05) is 11.5 Å². The molecule has 0 aliphatic carbocycles. The van der Waals surface area contributed by atoms with Gasteiger partial charge in [-0.25, -0.2) is 4.79 Å². The van der Waals surface area contributed by atoms with Crippen molar-refractivity contribution in [3.05, 3.63) is 16.5 Å². The van der Waals surface area contributed by atoms with E-state index >= 15 is 0 Å². The molecule has 1 saturated heterocycles. The van der Waals surface area contributed by atoms with Crippen LogP contribution in [0.3, 0.4) is 0 Å². The number of esters is 1. The van der Waals surface area contributed by atoms with E-state index in [1.165, 1.54) is 11.3 Å². The molecule has 110 valence electrons. The van der Waals surface area contributed by atoms with Crippen LogP contribution in [0.4, 0.5) is 5.00 Å². The predicted octanol–water partition coefficient (Wildman–Crippen LogP) is 1.29. The van der Waals surface area contributed by atoms with E-state index in [1.54, 1.807) is 13.0 Å². The zero-order valence-corrected chi connectivity index (χ0v) is 12.3. The second-order valence-electron chi connectivity index (χ2n) is 4.73. The first-order valence-electron chi connectivity index (χ1n) is 6.42. The zero-order valence-electron chi connectivity index (χ0n) is 11.5. The second kappa shape index (κ2) is 5.90. The highest BCUT2D eigenvalue weighted by Crippen LogP contribution is 2.29. The predicted molar refractivity (Wildman–Crippen MR) is 76.0 cm³/mol. The van der Waals surface area contributed by atoms with Gasteiger partial charge in [0.1, 0.15) is 10.5 Å². The minimum absolute atomic E-state index is 0.192. The Kier molecular flexibility index (Phi) is 4.42. The second-order valence-corrected chi connectivity index (χ2v) is 5.99. The lowest BCUT2D eigenvalue weighted by Crippen LogP contribution is -2.51. The molecule has 2 rings (SSSR count). The smallest absolute Gasteiger partial charge is 0.341 e. The first kappa shape index (κ1) is 15.0. The number of hydrogen-bond donors (Lipinski definition) is 2. The molecule has 1 fully saturated rings. The highest BCUT2D eigenvalue weighted by Gasteiger charge is 2.39. The lowest BCUT2D eigenvalue weighted by Gasteiger charge is -2.20. The summed E-state index contributed by atoms with van der Waals surface area (Å²) in [6.45, 7) is 4.55. The minimum atomic E-state index is -1.02. The molecule has 1 atom stereocenters. The molecule has 0 aromatic carbocycles. The SMILES string of the molecule is CCOC(=O)c1cc(C)sc1NC(=O)C1(N)CCOC1. The van der Waals surface area contributed by atoms with Crippen LogP contribution < -0.4 is 11.1 Å². The van der Waals surface area contributed by atoms with Crippen LogP contribution in [0.5, 0.6) is 0 Å². The first-order chi connectivity index (χ1) is 9.46. The van der Waals surface area contributed by atoms with E-state index < -0.39 is 11.5 Å². The third-order valence-electron chi connectivity index (χ3n) is 3.08. The Morgan fingerprint density at radius 1 is 1.60 bits per heavy atom. The molecular formula is C13H18N2O4S. The highest BCUT2D eigenvalue weighted by atomic mass is 32.1. The summed E-state index contributed by atoms with van der Waals surface area (Å²) in [7, 11) is 0. The van der Waals surface area contributed by atoms with Crippen molar-refractivity contribution in [1.82, 2.24) is 0 Å². The summed E-state index contributed by atoms with van der Waals surface area (Å²) in [4.78, 5) is 25.0. The van der Waals surface area contributed by atoms with Crippen LogP contribution >= 0.6 is 11.3 Å². The van der Waals surface area contributed by atoms with E-state index in [0.29, 0.717) is 23.6 Å². The highest BCUT2D eigenvalue weighted by molar-refractivity contribution is 7.16. The maximum Gasteiger partial charge on any atom is 0.341 e. The molecule has 2 heterocycles. The van der Waals surface area contributed by atoms with Gasteiger partial charge in [0.05, 0.1) is 18.8 Å². The number of amides is 1. The van der Waals surface area contributed by atoms with Crippen LogP contribution in [0.15, 0.2) is 6.07 Å². The average molecular weight is 298 g/mol. The molecule has 1 aliphatic rings. The number of hydrogen-bond acceptors (Lipinski definition) is 6. The van der Waals surface area contributed by atoms with Crippen molar-refractivity contribution in [3.63, 3.8) is 0 Å². The van der Waals surface area contributed by atoms with Crippen LogP contribution in [-0.2, 0) is 14.3 Å². The molecule has 0 spiro atoms. The van der Waals surface area contributed by atoms with Crippen LogP contribution in [0.1, 0.15) is 28.6 Å². The Hall–Kier alpha value is -1.44. The van der Waals surface area contributed by atoms with Crippen molar-refractivity contribution < 1.29 is 19.1 Å². The third kappa shape index (κ3) is 3.00. The molecular weight excluding hydrogens is 280 g/mol. The number of ether oxygens (including phenoxy) is 2. The van der Waals surface area contributed by atoms with Crippen molar-refractivity contribution in [2.45, 2.75) is 25.8 Å². The van der Waals surface area contributed by atoms with E-state index in [9.17, 15) is 9.59 Å². The molecule has 1 aromatic heterocycles. The number of nitrogens with one attached hydrogen (secondary N) is 1. The maximum atomic E-state index is 12.2. The summed E-state index contributed by atoms with van der Waals surface area (Å²) in [6, 6.07) is 1.70. The molecule has 0 bridgehead atoms. The molecule has 20 heavy (non-hydrogen) atoms. The number of nitrogens with two attached hydrogens (primary N) is 1. The molecule has 1 aliphatic heterocycles. The number of anilines is 1. The lowest BCUT2D eigenvalue weighted by atomic mass is 9.99. The fourth-order valence-corrected chi connectivity index (χ4v) is 2.85. The zero-order chi connectivity index (χ0) is 14.8. The quantitative estimate of drug-likeness (QED) is 0.817. The Morgan fingerprint density at radius 2 is 2.35 bits per heavy atom. The molecule has 1 unspecified atom stereocenters. The number of aryl methyl sites for hydroxylation is 1. The van der Waals surface area contributed by atoms with Gasteiger partial charge in [0.2, 0.25) is 5.91 Å². The molecule has 3 N–H and O–H groups in total. The Morgan fingerprint density at radius 3 is 2.95 bits per heavy atom. The monoisotopic (exact) mass is 298 g/mol. The van der Waals surface area contributed by atoms with Crippen molar-refractivity contribution in [3.8, 4) is 0 Å². The van der Waals surface area contributed by atoms with Crippen molar-refractivity contribution >= 4 is 28.2 Å². The van der Waals surface area contributed by atoms with E-state index in [0.717, 1.165) is 4.88 Å². The van der Waals surface area contributed by atoms with Crippen LogP contribution in [0, 0.1) is 6.92 Å². The van der Waals surface area contributed by atoms with E-state index in [-0.39, 0.29) is 19.1 Å². The van der Waals surface area contributed by atoms with Gasteiger partial charge in [-0.3, -0.25) is 4.79 Å². The number of thiophene rings is 1. The number of rotatable bonds is 4. The summed E-state index contributed by atoms with van der Waals surface area (Å²) in [5, 5.41) is 3.20. The van der Waals surface area contributed by atoms with Crippen molar-refractivity contribution in [2.75, 3.05) is 25.1 Å². The third-order valence-corrected chi connectivity index (χ3v) is 4.05. The first-order valence-corrected chi connectivity index (χ1v) is 7.23. The van der Waals surface area contributed by atoms with Crippen LogP contribution in [0.25, 0.3) is 0 Å². The maximum absolute atomic E-state index is 12.2. The largest absolute Gasteiger partial charge is 0.462 e. The van der Waals surface area contributed by atoms with Gasteiger partial charge in [-0.15, -0.1) is 11.3 Å². The van der Waals surface area contributed by atoms with Gasteiger partial charge in [-0.05, 0) is 26.3 Å². The van der Waals surface area contributed by atoms with E-state index in [1.807, 2.05) is 6.92 Å². The summed E-state index contributed by atoms with van der Waals surface area (Å²) < 4.78 is 10.1. The minimum Gasteiger partial charge on any atom is -0.462 e. The summed E-state index contributed by atoms with van der Waals surface area (Å²) in [5.74, 6) is -0.775. The molecule has 6 nitrogen and oxygen atoms in total. The van der Waals surface area contributed by atoms with Crippen molar-refractivity contribution in [2.24, 2.45) is 5.73 Å². The van der Waals surface area contributed by atoms with Gasteiger partial charge in [0.15, 0.2) is 0 Å². The average Bonchev–Trinajstić information content (AvgIpc) is 2.97. The Balaban J connectivity index is 2.16. The van der Waals surface area contributed by atoms with Gasteiger partial charge in [-0.2, -0.15) is 0 Å². The van der Waals surface area contributed by atoms with E-state index in [2.05, 4.69) is 5.32 Å². The Bertz CT molecular complexity index is 520. The van der Waals surface area contributed by atoms with Crippen LogP contribution in [0.2, 0.25) is 0 Å². The van der Waals surface area contributed by atoms with Gasteiger partial charge < -0.3 is 20.5 Å². The Labute approximate surface area is 121 Å². The number of carbonyl (C=O) groups is 2. The van der Waals surface area contributed by atoms with Gasteiger partial charge in [-0.1, -0.05) is 0 Å². The fraction of sp³-hybridized carbons (Fsp3) is 0.538. The normalized spacial score (nSPS) is 21.8. The van der Waals surface area contributed by atoms with Crippen LogP contribution in [-0.4, -0.2) is 37.2 Å². The molecule has 1 aromatic rings. The molecule has 7 heteroatoms. The molecule has 1 amide bonds. The topological polar surface area (TPSA) is 90.7 Å². The molecule has 0 saturated carbocycles. The summed E-state index contributed by atoms with van der Waals surface area (Å²) in [6.07, 6.45) is 0.470.